The molecule has 3 rings (SSSR count). The normalized spacial score (nSPS) is 17.1. The fraction of sp³-hybridized carbons (Fsp3) is 0.421. The van der Waals surface area contributed by atoms with Crippen LogP contribution < -0.4 is 5.32 Å². The van der Waals surface area contributed by atoms with Gasteiger partial charge in [0.2, 0.25) is 5.91 Å². The van der Waals surface area contributed by atoms with Crippen LogP contribution in [0.5, 0.6) is 0 Å². The highest BCUT2D eigenvalue weighted by Gasteiger charge is 2.18. The minimum atomic E-state index is 0.130. The number of nitrogens with zero attached hydrogens (tertiary/aromatic N) is 1. The molecule has 1 amide bonds. The molecular formula is C19H24N2O2S. The number of hydrogen-bond acceptors (Lipinski definition) is 4. The highest BCUT2D eigenvalue weighted by atomic mass is 32.1. The summed E-state index contributed by atoms with van der Waals surface area (Å²) in [5.74, 6) is 0.130. The van der Waals surface area contributed by atoms with Gasteiger partial charge < -0.3 is 15.0 Å². The summed E-state index contributed by atoms with van der Waals surface area (Å²) in [6.45, 7) is 3.26. The summed E-state index contributed by atoms with van der Waals surface area (Å²) in [5.41, 5.74) is 1.15. The van der Waals surface area contributed by atoms with E-state index in [1.807, 2.05) is 29.2 Å². The smallest absolute Gasteiger partial charge is 0.237 e. The highest BCUT2D eigenvalue weighted by Crippen LogP contribution is 2.15. The van der Waals surface area contributed by atoms with Crippen molar-refractivity contribution in [3.63, 3.8) is 0 Å². The van der Waals surface area contributed by atoms with Crippen LogP contribution in [0, 0.1) is 0 Å². The van der Waals surface area contributed by atoms with E-state index >= 15 is 0 Å². The van der Waals surface area contributed by atoms with Gasteiger partial charge in [0.25, 0.3) is 0 Å². The molecule has 24 heavy (non-hydrogen) atoms. The molecule has 0 bridgehead atoms. The van der Waals surface area contributed by atoms with E-state index in [0.717, 1.165) is 31.6 Å². The van der Waals surface area contributed by atoms with Crippen LogP contribution >= 0.6 is 11.3 Å². The number of carbonyl (C=O) groups excluding carboxylic acids is 1. The van der Waals surface area contributed by atoms with Crippen molar-refractivity contribution in [2.45, 2.75) is 32.0 Å². The Labute approximate surface area is 147 Å². The molecule has 5 heteroatoms. The molecule has 1 aliphatic rings. The lowest BCUT2D eigenvalue weighted by Gasteiger charge is -2.23. The van der Waals surface area contributed by atoms with E-state index in [2.05, 4.69) is 28.9 Å². The second-order valence-electron chi connectivity index (χ2n) is 6.08. The summed E-state index contributed by atoms with van der Waals surface area (Å²) < 4.78 is 5.59. The first-order valence-electron chi connectivity index (χ1n) is 8.47. The maximum absolute atomic E-state index is 12.7. The van der Waals surface area contributed by atoms with Crippen molar-refractivity contribution in [2.75, 3.05) is 19.7 Å². The van der Waals surface area contributed by atoms with Crippen molar-refractivity contribution in [3.05, 3.63) is 58.3 Å². The van der Waals surface area contributed by atoms with E-state index in [-0.39, 0.29) is 12.0 Å². The minimum absolute atomic E-state index is 0.130. The summed E-state index contributed by atoms with van der Waals surface area (Å²) in [4.78, 5) is 15.8. The summed E-state index contributed by atoms with van der Waals surface area (Å²) in [6, 6.07) is 14.3. The van der Waals surface area contributed by atoms with E-state index in [1.54, 1.807) is 11.3 Å². The van der Waals surface area contributed by atoms with E-state index in [1.165, 1.54) is 4.88 Å². The molecule has 2 heterocycles. The Balaban J connectivity index is 1.56. The van der Waals surface area contributed by atoms with Gasteiger partial charge in [-0.25, -0.2) is 0 Å². The zero-order valence-electron chi connectivity index (χ0n) is 13.8. The van der Waals surface area contributed by atoms with Crippen molar-refractivity contribution in [2.24, 2.45) is 0 Å². The topological polar surface area (TPSA) is 41.6 Å². The van der Waals surface area contributed by atoms with Gasteiger partial charge in [0.15, 0.2) is 0 Å². The lowest BCUT2D eigenvalue weighted by Crippen LogP contribution is -2.39. The first-order chi connectivity index (χ1) is 11.8. The van der Waals surface area contributed by atoms with Crippen LogP contribution in [0.3, 0.4) is 0 Å². The fourth-order valence-corrected chi connectivity index (χ4v) is 3.60. The summed E-state index contributed by atoms with van der Waals surface area (Å²) >= 11 is 1.69. The number of benzene rings is 1. The SMILES string of the molecule is O=C(CNCC1CCCO1)N(Cc1ccccc1)Cc1cccs1. The van der Waals surface area contributed by atoms with Crippen LogP contribution in [0.2, 0.25) is 0 Å². The molecule has 4 nitrogen and oxygen atoms in total. The average Bonchev–Trinajstić information content (AvgIpc) is 3.29. The van der Waals surface area contributed by atoms with Crippen LogP contribution in [0.25, 0.3) is 0 Å². The van der Waals surface area contributed by atoms with E-state index in [0.29, 0.717) is 19.6 Å². The lowest BCUT2D eigenvalue weighted by atomic mass is 10.2. The van der Waals surface area contributed by atoms with Crippen molar-refractivity contribution in [1.29, 1.82) is 0 Å². The maximum atomic E-state index is 12.7. The fourth-order valence-electron chi connectivity index (χ4n) is 2.88. The molecule has 1 aromatic heterocycles. The molecule has 0 spiro atoms. The van der Waals surface area contributed by atoms with Gasteiger partial charge in [-0.15, -0.1) is 11.3 Å². The monoisotopic (exact) mass is 344 g/mol. The average molecular weight is 344 g/mol. The third-order valence-corrected chi connectivity index (χ3v) is 5.03. The van der Waals surface area contributed by atoms with Crippen LogP contribution in [0.1, 0.15) is 23.3 Å². The summed E-state index contributed by atoms with van der Waals surface area (Å²) in [6.07, 6.45) is 2.47. The molecule has 1 aromatic carbocycles. The summed E-state index contributed by atoms with van der Waals surface area (Å²) in [5, 5.41) is 5.31. The van der Waals surface area contributed by atoms with Crippen LogP contribution in [-0.2, 0) is 22.6 Å². The molecule has 1 atom stereocenters. The molecule has 2 aromatic rings. The molecule has 128 valence electrons. The molecule has 1 aliphatic heterocycles. The van der Waals surface area contributed by atoms with Crippen LogP contribution in [-0.4, -0.2) is 36.6 Å². The number of rotatable bonds is 8. The Hall–Kier alpha value is -1.69. The quantitative estimate of drug-likeness (QED) is 0.800. The number of ether oxygens (including phenoxy) is 1. The van der Waals surface area contributed by atoms with Crippen LogP contribution in [0.4, 0.5) is 0 Å². The molecule has 1 fully saturated rings. The van der Waals surface area contributed by atoms with E-state index < -0.39 is 0 Å². The minimum Gasteiger partial charge on any atom is -0.377 e. The van der Waals surface area contributed by atoms with Gasteiger partial charge in [0.1, 0.15) is 0 Å². The number of amides is 1. The van der Waals surface area contributed by atoms with Gasteiger partial charge in [-0.05, 0) is 29.9 Å². The number of carbonyl (C=O) groups is 1. The third-order valence-electron chi connectivity index (χ3n) is 4.17. The second-order valence-corrected chi connectivity index (χ2v) is 7.11. The number of hydrogen-bond donors (Lipinski definition) is 1. The Morgan fingerprint density at radius 2 is 2.08 bits per heavy atom. The Kier molecular flexibility index (Phi) is 6.41. The molecule has 0 aliphatic carbocycles. The highest BCUT2D eigenvalue weighted by molar-refractivity contribution is 7.09. The molecule has 1 unspecified atom stereocenters. The molecule has 1 saturated heterocycles. The van der Waals surface area contributed by atoms with Crippen LogP contribution in [0.15, 0.2) is 47.8 Å². The van der Waals surface area contributed by atoms with Crippen molar-refractivity contribution in [3.8, 4) is 0 Å². The molecule has 0 radical (unpaired) electrons. The maximum Gasteiger partial charge on any atom is 0.237 e. The third kappa shape index (κ3) is 5.16. The Bertz CT molecular complexity index is 610. The Morgan fingerprint density at radius 1 is 1.21 bits per heavy atom. The molecule has 0 saturated carbocycles. The summed E-state index contributed by atoms with van der Waals surface area (Å²) in [7, 11) is 0. The second kappa shape index (κ2) is 8.97. The first-order valence-corrected chi connectivity index (χ1v) is 9.35. The Morgan fingerprint density at radius 3 is 2.79 bits per heavy atom. The van der Waals surface area contributed by atoms with Gasteiger partial charge in [0, 0.05) is 24.6 Å². The van der Waals surface area contributed by atoms with Gasteiger partial charge in [-0.1, -0.05) is 36.4 Å². The van der Waals surface area contributed by atoms with Gasteiger partial charge >= 0.3 is 0 Å². The predicted octanol–water partition coefficient (Wildman–Crippen LogP) is 3.05. The van der Waals surface area contributed by atoms with Gasteiger partial charge in [-0.3, -0.25) is 4.79 Å². The molecular weight excluding hydrogens is 320 g/mol. The van der Waals surface area contributed by atoms with Gasteiger partial charge in [-0.2, -0.15) is 0 Å². The number of nitrogens with one attached hydrogen (secondary N) is 1. The first kappa shape index (κ1) is 17.1. The zero-order valence-corrected chi connectivity index (χ0v) is 14.6. The van der Waals surface area contributed by atoms with Crippen molar-refractivity contribution < 1.29 is 9.53 Å². The van der Waals surface area contributed by atoms with E-state index in [9.17, 15) is 4.79 Å². The van der Waals surface area contributed by atoms with E-state index in [4.69, 9.17) is 4.74 Å². The largest absolute Gasteiger partial charge is 0.377 e. The molecule has 1 N–H and O–H groups in total. The lowest BCUT2D eigenvalue weighted by molar-refractivity contribution is -0.131. The van der Waals surface area contributed by atoms with Gasteiger partial charge in [0.05, 0.1) is 19.2 Å². The number of thiophene rings is 1. The predicted molar refractivity (Wildman–Crippen MR) is 96.9 cm³/mol. The standard InChI is InChI=1S/C19H24N2O2S/c22-19(13-20-12-17-8-4-10-23-17)21(15-18-9-5-11-24-18)14-16-6-2-1-3-7-16/h1-3,5-7,9,11,17,20H,4,8,10,12-15H2. The van der Waals surface area contributed by atoms with Crippen molar-refractivity contribution in [1.82, 2.24) is 10.2 Å². The van der Waals surface area contributed by atoms with Crippen molar-refractivity contribution >= 4 is 17.2 Å². The zero-order chi connectivity index (χ0) is 16.6.